The van der Waals surface area contributed by atoms with Crippen molar-refractivity contribution in [2.24, 2.45) is 0 Å². The van der Waals surface area contributed by atoms with E-state index in [0.29, 0.717) is 23.0 Å². The highest BCUT2D eigenvalue weighted by Crippen LogP contribution is 2.14. The number of methoxy groups -OCH3 is 1. The standard InChI is InChI=1S/C16H21N3O3S/c1-12-4-6-14(7-5-12)23(20,21)11-13(2)19-10-15-16(22-3)18-9-8-17-15/h4-9,13,19H,10-11H2,1-3H3. The van der Waals surface area contributed by atoms with E-state index in [1.807, 2.05) is 13.8 Å². The number of rotatable bonds is 7. The van der Waals surface area contributed by atoms with Crippen LogP contribution >= 0.6 is 0 Å². The molecule has 7 heteroatoms. The summed E-state index contributed by atoms with van der Waals surface area (Å²) in [4.78, 5) is 8.59. The van der Waals surface area contributed by atoms with Gasteiger partial charge in [0, 0.05) is 25.0 Å². The number of hydrogen-bond donors (Lipinski definition) is 1. The third-order valence-corrected chi connectivity index (χ3v) is 5.33. The Hall–Kier alpha value is -1.99. The predicted molar refractivity (Wildman–Crippen MR) is 88.1 cm³/mol. The molecule has 1 aromatic carbocycles. The number of benzene rings is 1. The van der Waals surface area contributed by atoms with Crippen LogP contribution in [0, 0.1) is 6.92 Å². The predicted octanol–water partition coefficient (Wildman–Crippen LogP) is 1.75. The Balaban J connectivity index is 1.98. The van der Waals surface area contributed by atoms with Crippen LogP contribution in [0.2, 0.25) is 0 Å². The summed E-state index contributed by atoms with van der Waals surface area (Å²) in [5.41, 5.74) is 1.68. The van der Waals surface area contributed by atoms with Gasteiger partial charge >= 0.3 is 0 Å². The van der Waals surface area contributed by atoms with Gasteiger partial charge < -0.3 is 10.1 Å². The van der Waals surface area contributed by atoms with Gasteiger partial charge in [-0.3, -0.25) is 4.98 Å². The fourth-order valence-electron chi connectivity index (χ4n) is 2.15. The minimum Gasteiger partial charge on any atom is -0.480 e. The van der Waals surface area contributed by atoms with Crippen molar-refractivity contribution in [3.8, 4) is 5.88 Å². The van der Waals surface area contributed by atoms with E-state index in [1.165, 1.54) is 7.11 Å². The average Bonchev–Trinajstić information content (AvgIpc) is 2.53. The van der Waals surface area contributed by atoms with Crippen molar-refractivity contribution in [3.63, 3.8) is 0 Å². The van der Waals surface area contributed by atoms with E-state index in [0.717, 1.165) is 5.56 Å². The Morgan fingerprint density at radius 3 is 2.48 bits per heavy atom. The van der Waals surface area contributed by atoms with Crippen molar-refractivity contribution in [2.45, 2.75) is 31.3 Å². The lowest BCUT2D eigenvalue weighted by Gasteiger charge is -2.15. The molecule has 6 nitrogen and oxygen atoms in total. The van der Waals surface area contributed by atoms with Gasteiger partial charge in [-0.1, -0.05) is 17.7 Å². The number of aryl methyl sites for hydroxylation is 1. The number of nitrogens with one attached hydrogen (secondary N) is 1. The lowest BCUT2D eigenvalue weighted by molar-refractivity contribution is 0.385. The van der Waals surface area contributed by atoms with Crippen LogP contribution in [-0.2, 0) is 16.4 Å². The van der Waals surface area contributed by atoms with Gasteiger partial charge in [-0.05, 0) is 26.0 Å². The minimum absolute atomic E-state index is 0.0125. The number of aromatic nitrogens is 2. The highest BCUT2D eigenvalue weighted by atomic mass is 32.2. The molecule has 0 aliphatic heterocycles. The first-order valence-electron chi connectivity index (χ1n) is 7.29. The summed E-state index contributed by atoms with van der Waals surface area (Å²) in [5, 5.41) is 3.15. The van der Waals surface area contributed by atoms with Crippen molar-refractivity contribution in [1.29, 1.82) is 0 Å². The quantitative estimate of drug-likeness (QED) is 0.830. The van der Waals surface area contributed by atoms with Crippen LogP contribution in [0.4, 0.5) is 0 Å². The first kappa shape index (κ1) is 17.4. The monoisotopic (exact) mass is 335 g/mol. The van der Waals surface area contributed by atoms with E-state index in [9.17, 15) is 8.42 Å². The summed E-state index contributed by atoms with van der Waals surface area (Å²) >= 11 is 0. The van der Waals surface area contributed by atoms with Gasteiger partial charge in [0.1, 0.15) is 5.69 Å². The van der Waals surface area contributed by atoms with E-state index in [4.69, 9.17) is 4.74 Å². The van der Waals surface area contributed by atoms with Crippen molar-refractivity contribution >= 4 is 9.84 Å². The smallest absolute Gasteiger partial charge is 0.236 e. The minimum atomic E-state index is -3.33. The largest absolute Gasteiger partial charge is 0.480 e. The maximum absolute atomic E-state index is 12.4. The molecule has 1 atom stereocenters. The molecule has 1 N–H and O–H groups in total. The second-order valence-electron chi connectivity index (χ2n) is 5.39. The molecule has 0 saturated carbocycles. The zero-order chi connectivity index (χ0) is 16.9. The molecule has 23 heavy (non-hydrogen) atoms. The summed E-state index contributed by atoms with van der Waals surface area (Å²) in [6, 6.07) is 6.66. The molecule has 0 aliphatic rings. The lowest BCUT2D eigenvalue weighted by Crippen LogP contribution is -2.33. The maximum Gasteiger partial charge on any atom is 0.236 e. The van der Waals surface area contributed by atoms with E-state index < -0.39 is 9.84 Å². The van der Waals surface area contributed by atoms with Crippen LogP contribution in [0.15, 0.2) is 41.6 Å². The molecule has 1 aromatic heterocycles. The van der Waals surface area contributed by atoms with Crippen molar-refractivity contribution < 1.29 is 13.2 Å². The van der Waals surface area contributed by atoms with E-state index in [2.05, 4.69) is 15.3 Å². The molecule has 0 bridgehead atoms. The molecule has 1 heterocycles. The molecule has 0 saturated heterocycles. The number of ether oxygens (including phenoxy) is 1. The van der Waals surface area contributed by atoms with Crippen LogP contribution in [0.3, 0.4) is 0 Å². The molecule has 0 spiro atoms. The first-order valence-corrected chi connectivity index (χ1v) is 8.94. The van der Waals surface area contributed by atoms with Crippen LogP contribution in [0.1, 0.15) is 18.2 Å². The maximum atomic E-state index is 12.4. The second kappa shape index (κ2) is 7.52. The highest BCUT2D eigenvalue weighted by molar-refractivity contribution is 7.91. The van der Waals surface area contributed by atoms with Gasteiger partial charge in [-0.25, -0.2) is 13.4 Å². The van der Waals surface area contributed by atoms with Crippen LogP contribution in [-0.4, -0.2) is 37.3 Å². The number of sulfone groups is 1. The van der Waals surface area contributed by atoms with Gasteiger partial charge in [-0.15, -0.1) is 0 Å². The molecule has 0 aliphatic carbocycles. The van der Waals surface area contributed by atoms with Crippen molar-refractivity contribution in [1.82, 2.24) is 15.3 Å². The molecule has 2 aromatic rings. The second-order valence-corrected chi connectivity index (χ2v) is 7.42. The Bertz CT molecular complexity index is 745. The average molecular weight is 335 g/mol. The van der Waals surface area contributed by atoms with Crippen LogP contribution in [0.5, 0.6) is 5.88 Å². The molecule has 0 radical (unpaired) electrons. The highest BCUT2D eigenvalue weighted by Gasteiger charge is 2.18. The molecule has 0 amide bonds. The summed E-state index contributed by atoms with van der Waals surface area (Å²) in [7, 11) is -1.80. The lowest BCUT2D eigenvalue weighted by atomic mass is 10.2. The number of nitrogens with zero attached hydrogens (tertiary/aromatic N) is 2. The van der Waals surface area contributed by atoms with Crippen LogP contribution < -0.4 is 10.1 Å². The van der Waals surface area contributed by atoms with Crippen molar-refractivity contribution in [3.05, 3.63) is 47.9 Å². The topological polar surface area (TPSA) is 81.2 Å². The Labute approximate surface area is 136 Å². The summed E-state index contributed by atoms with van der Waals surface area (Å²) in [5.74, 6) is 0.451. The SMILES string of the molecule is COc1nccnc1CNC(C)CS(=O)(=O)c1ccc(C)cc1. The fourth-order valence-corrected chi connectivity index (χ4v) is 3.67. The van der Waals surface area contributed by atoms with Crippen LogP contribution in [0.25, 0.3) is 0 Å². The summed E-state index contributed by atoms with van der Waals surface area (Å²) in [6.45, 7) is 4.14. The molecule has 124 valence electrons. The first-order chi connectivity index (χ1) is 10.9. The molecular formula is C16H21N3O3S. The molecule has 0 fully saturated rings. The normalized spacial score (nSPS) is 12.8. The van der Waals surface area contributed by atoms with Crippen molar-refractivity contribution in [2.75, 3.05) is 12.9 Å². The summed E-state index contributed by atoms with van der Waals surface area (Å²) < 4.78 is 29.9. The van der Waals surface area contributed by atoms with E-state index in [-0.39, 0.29) is 11.8 Å². The number of hydrogen-bond acceptors (Lipinski definition) is 6. The van der Waals surface area contributed by atoms with E-state index >= 15 is 0 Å². The molecule has 2 rings (SSSR count). The molecule has 1 unspecified atom stereocenters. The third-order valence-electron chi connectivity index (χ3n) is 3.40. The molecular weight excluding hydrogens is 314 g/mol. The van der Waals surface area contributed by atoms with Gasteiger partial charge in [0.15, 0.2) is 9.84 Å². The zero-order valence-electron chi connectivity index (χ0n) is 13.5. The Morgan fingerprint density at radius 1 is 1.17 bits per heavy atom. The van der Waals surface area contributed by atoms with E-state index in [1.54, 1.807) is 36.7 Å². The van der Waals surface area contributed by atoms with Gasteiger partial charge in [0.25, 0.3) is 0 Å². The zero-order valence-corrected chi connectivity index (χ0v) is 14.3. The van der Waals surface area contributed by atoms with Gasteiger partial charge in [0.05, 0.1) is 17.8 Å². The van der Waals surface area contributed by atoms with Gasteiger partial charge in [0.2, 0.25) is 5.88 Å². The Kier molecular flexibility index (Phi) is 5.68. The third kappa shape index (κ3) is 4.74. The van der Waals surface area contributed by atoms with Gasteiger partial charge in [-0.2, -0.15) is 0 Å². The Morgan fingerprint density at radius 2 is 1.83 bits per heavy atom. The fraction of sp³-hybridized carbons (Fsp3) is 0.375. The summed E-state index contributed by atoms with van der Waals surface area (Å²) in [6.07, 6.45) is 3.13.